The summed E-state index contributed by atoms with van der Waals surface area (Å²) in [5.41, 5.74) is 0. The molecule has 0 bridgehead atoms. The Morgan fingerprint density at radius 3 is 2.29 bits per heavy atom. The molecule has 0 aliphatic heterocycles. The quantitative estimate of drug-likeness (QED) is 0.293. The number of hydrogen-bond acceptors (Lipinski definition) is 2. The first kappa shape index (κ1) is 16.2. The zero-order chi connectivity index (χ0) is 12.9. The zero-order valence-electron chi connectivity index (χ0n) is 11.5. The van der Waals surface area contributed by atoms with Gasteiger partial charge in [0.15, 0.2) is 0 Å². The van der Waals surface area contributed by atoms with Gasteiger partial charge in [0.05, 0.1) is 12.2 Å². The molecule has 1 atom stereocenters. The minimum Gasteiger partial charge on any atom is -0.435 e. The molecule has 2 nitrogen and oxygen atoms in total. The number of esters is 1. The van der Waals surface area contributed by atoms with Gasteiger partial charge in [0.25, 0.3) is 0 Å². The smallest absolute Gasteiger partial charge is 0.313 e. The molecule has 0 aromatic rings. The van der Waals surface area contributed by atoms with Gasteiger partial charge in [-0.1, -0.05) is 65.4 Å². The summed E-state index contributed by atoms with van der Waals surface area (Å²) in [6.45, 7) is 7.76. The first-order valence-electron chi connectivity index (χ1n) is 7.07. The third-order valence-corrected chi connectivity index (χ3v) is 3.08. The highest BCUT2D eigenvalue weighted by molar-refractivity contribution is 5.72. The number of ether oxygens (including phenoxy) is 1. The van der Waals surface area contributed by atoms with E-state index in [0.29, 0.717) is 0 Å². The Bertz CT molecular complexity index is 199. The van der Waals surface area contributed by atoms with E-state index in [1.54, 1.807) is 0 Å². The molecule has 0 radical (unpaired) electrons. The van der Waals surface area contributed by atoms with E-state index in [1.165, 1.54) is 38.4 Å². The normalized spacial score (nSPS) is 12.1. The van der Waals surface area contributed by atoms with E-state index in [-0.39, 0.29) is 11.9 Å². The van der Waals surface area contributed by atoms with Crippen molar-refractivity contribution in [3.63, 3.8) is 0 Å². The molecule has 0 rings (SSSR count). The van der Waals surface area contributed by atoms with E-state index in [1.807, 2.05) is 0 Å². The van der Waals surface area contributed by atoms with Crippen molar-refractivity contribution in [3.8, 4) is 0 Å². The van der Waals surface area contributed by atoms with E-state index < -0.39 is 0 Å². The van der Waals surface area contributed by atoms with Crippen LogP contribution >= 0.6 is 0 Å². The van der Waals surface area contributed by atoms with Crippen LogP contribution in [0.3, 0.4) is 0 Å². The average molecular weight is 240 g/mol. The third-order valence-electron chi connectivity index (χ3n) is 3.08. The molecular weight excluding hydrogens is 212 g/mol. The summed E-state index contributed by atoms with van der Waals surface area (Å²) in [5, 5.41) is 0. The van der Waals surface area contributed by atoms with Crippen molar-refractivity contribution < 1.29 is 9.53 Å². The highest BCUT2D eigenvalue weighted by Crippen LogP contribution is 2.18. The Morgan fingerprint density at radius 1 is 1.06 bits per heavy atom. The van der Waals surface area contributed by atoms with Crippen molar-refractivity contribution in [2.24, 2.45) is 5.92 Å². The van der Waals surface area contributed by atoms with Crippen LogP contribution in [0.25, 0.3) is 0 Å². The zero-order valence-corrected chi connectivity index (χ0v) is 11.5. The summed E-state index contributed by atoms with van der Waals surface area (Å²) in [7, 11) is 0. The molecular formula is C15H28O2. The van der Waals surface area contributed by atoms with Gasteiger partial charge in [-0.2, -0.15) is 0 Å². The molecule has 17 heavy (non-hydrogen) atoms. The fourth-order valence-corrected chi connectivity index (χ4v) is 2.08. The third kappa shape index (κ3) is 8.96. The standard InChI is InChI=1S/C15H28O2/c1-4-7-8-9-10-11-13-14(12-5-2)15(16)17-6-3/h6,14H,3-5,7-13H2,1-2H3. The van der Waals surface area contributed by atoms with Crippen LogP contribution in [0.2, 0.25) is 0 Å². The summed E-state index contributed by atoms with van der Waals surface area (Å²) in [6, 6.07) is 0. The number of hydrogen-bond donors (Lipinski definition) is 0. The highest BCUT2D eigenvalue weighted by atomic mass is 16.5. The van der Waals surface area contributed by atoms with Gasteiger partial charge in [-0.3, -0.25) is 4.79 Å². The summed E-state index contributed by atoms with van der Waals surface area (Å²) in [6.07, 6.45) is 11.8. The molecule has 0 saturated carbocycles. The van der Waals surface area contributed by atoms with Crippen LogP contribution in [-0.4, -0.2) is 5.97 Å². The average Bonchev–Trinajstić information content (AvgIpc) is 2.32. The van der Waals surface area contributed by atoms with Crippen LogP contribution < -0.4 is 0 Å². The minimum atomic E-state index is -0.101. The lowest BCUT2D eigenvalue weighted by molar-refractivity contribution is -0.143. The molecule has 0 aromatic carbocycles. The molecule has 0 saturated heterocycles. The molecule has 0 fully saturated rings. The Balaban J connectivity index is 3.69. The van der Waals surface area contributed by atoms with Gasteiger partial charge in [0.1, 0.15) is 0 Å². The molecule has 0 aliphatic rings. The molecule has 0 spiro atoms. The first-order valence-corrected chi connectivity index (χ1v) is 7.07. The Hall–Kier alpha value is -0.790. The van der Waals surface area contributed by atoms with Gasteiger partial charge in [0.2, 0.25) is 0 Å². The van der Waals surface area contributed by atoms with Crippen molar-refractivity contribution in [2.75, 3.05) is 0 Å². The fourth-order valence-electron chi connectivity index (χ4n) is 2.08. The maximum absolute atomic E-state index is 11.6. The second kappa shape index (κ2) is 11.7. The second-order valence-electron chi connectivity index (χ2n) is 4.65. The van der Waals surface area contributed by atoms with Gasteiger partial charge in [0, 0.05) is 0 Å². The van der Waals surface area contributed by atoms with E-state index >= 15 is 0 Å². The van der Waals surface area contributed by atoms with Gasteiger partial charge >= 0.3 is 5.97 Å². The monoisotopic (exact) mass is 240 g/mol. The molecule has 0 aliphatic carbocycles. The maximum atomic E-state index is 11.6. The van der Waals surface area contributed by atoms with Crippen LogP contribution in [0.1, 0.15) is 71.6 Å². The maximum Gasteiger partial charge on any atom is 0.313 e. The van der Waals surface area contributed by atoms with Gasteiger partial charge < -0.3 is 4.74 Å². The minimum absolute atomic E-state index is 0.0733. The van der Waals surface area contributed by atoms with Crippen LogP contribution in [0, 0.1) is 5.92 Å². The number of unbranched alkanes of at least 4 members (excludes halogenated alkanes) is 5. The molecule has 1 unspecified atom stereocenters. The van der Waals surface area contributed by atoms with Gasteiger partial charge in [-0.25, -0.2) is 0 Å². The lowest BCUT2D eigenvalue weighted by atomic mass is 9.96. The summed E-state index contributed by atoms with van der Waals surface area (Å²) < 4.78 is 4.88. The Morgan fingerprint density at radius 2 is 1.71 bits per heavy atom. The van der Waals surface area contributed by atoms with Gasteiger partial charge in [-0.15, -0.1) is 0 Å². The largest absolute Gasteiger partial charge is 0.435 e. The summed E-state index contributed by atoms with van der Waals surface area (Å²) in [5.74, 6) is -0.0282. The SMILES string of the molecule is C=COC(=O)C(CCC)CCCCCCCC. The molecule has 0 N–H and O–H groups in total. The van der Waals surface area contributed by atoms with E-state index in [9.17, 15) is 4.79 Å². The highest BCUT2D eigenvalue weighted by Gasteiger charge is 2.17. The molecule has 0 heterocycles. The summed E-state index contributed by atoms with van der Waals surface area (Å²) in [4.78, 5) is 11.6. The van der Waals surface area contributed by atoms with Gasteiger partial charge in [-0.05, 0) is 12.8 Å². The van der Waals surface area contributed by atoms with Crippen LogP contribution in [0.5, 0.6) is 0 Å². The molecule has 0 aromatic heterocycles. The number of carbonyl (C=O) groups is 1. The topological polar surface area (TPSA) is 26.3 Å². The van der Waals surface area contributed by atoms with Crippen molar-refractivity contribution in [1.82, 2.24) is 0 Å². The lowest BCUT2D eigenvalue weighted by Crippen LogP contribution is -2.15. The van der Waals surface area contributed by atoms with E-state index in [0.717, 1.165) is 25.7 Å². The predicted molar refractivity (Wildman–Crippen MR) is 72.7 cm³/mol. The number of rotatable bonds is 11. The Kier molecular flexibility index (Phi) is 11.1. The summed E-state index contributed by atoms with van der Waals surface area (Å²) >= 11 is 0. The fraction of sp³-hybridized carbons (Fsp3) is 0.800. The van der Waals surface area contributed by atoms with Crippen molar-refractivity contribution >= 4 is 5.97 Å². The number of carbonyl (C=O) groups excluding carboxylic acids is 1. The molecule has 2 heteroatoms. The second-order valence-corrected chi connectivity index (χ2v) is 4.65. The van der Waals surface area contributed by atoms with E-state index in [4.69, 9.17) is 4.74 Å². The molecule has 100 valence electrons. The van der Waals surface area contributed by atoms with Crippen LogP contribution in [0.4, 0.5) is 0 Å². The van der Waals surface area contributed by atoms with Crippen LogP contribution in [0.15, 0.2) is 12.8 Å². The molecule has 0 amide bonds. The van der Waals surface area contributed by atoms with Crippen LogP contribution in [-0.2, 0) is 9.53 Å². The van der Waals surface area contributed by atoms with Crippen molar-refractivity contribution in [3.05, 3.63) is 12.8 Å². The van der Waals surface area contributed by atoms with Crippen molar-refractivity contribution in [1.29, 1.82) is 0 Å². The van der Waals surface area contributed by atoms with Crippen molar-refractivity contribution in [2.45, 2.75) is 71.6 Å². The predicted octanol–water partition coefficient (Wildman–Crippen LogP) is 4.84. The van der Waals surface area contributed by atoms with E-state index in [2.05, 4.69) is 20.4 Å². The first-order chi connectivity index (χ1) is 8.26. The Labute approximate surface area is 106 Å². The lowest BCUT2D eigenvalue weighted by Gasteiger charge is -2.13.